The van der Waals surface area contributed by atoms with Gasteiger partial charge in [0.25, 0.3) is 5.91 Å². The topological polar surface area (TPSA) is 87.7 Å². The van der Waals surface area contributed by atoms with Crippen molar-refractivity contribution in [3.8, 4) is 5.75 Å². The highest BCUT2D eigenvalue weighted by molar-refractivity contribution is 6.00. The molecule has 0 bridgehead atoms. The number of anilines is 1. The number of rotatable bonds is 6. The van der Waals surface area contributed by atoms with E-state index in [9.17, 15) is 14.4 Å². The van der Waals surface area contributed by atoms with E-state index in [1.165, 1.54) is 5.56 Å². The Labute approximate surface area is 170 Å². The Morgan fingerprint density at radius 3 is 2.41 bits per heavy atom. The number of amides is 3. The fourth-order valence-corrected chi connectivity index (χ4v) is 3.10. The summed E-state index contributed by atoms with van der Waals surface area (Å²) in [7, 11) is 0. The molecule has 29 heavy (non-hydrogen) atoms. The molecule has 0 aliphatic carbocycles. The third-order valence-corrected chi connectivity index (χ3v) is 4.87. The second-order valence-electron chi connectivity index (χ2n) is 7.06. The smallest absolute Gasteiger partial charge is 0.276 e. The van der Waals surface area contributed by atoms with Crippen LogP contribution in [0.2, 0.25) is 0 Å². The fraction of sp³-hybridized carbons (Fsp3) is 0.318. The minimum atomic E-state index is -0.522. The van der Waals surface area contributed by atoms with Crippen LogP contribution in [0.3, 0.4) is 0 Å². The number of carbonyl (C=O) groups is 3. The summed E-state index contributed by atoms with van der Waals surface area (Å²) in [5.74, 6) is -0.921. The summed E-state index contributed by atoms with van der Waals surface area (Å²) in [4.78, 5) is 38.1. The van der Waals surface area contributed by atoms with Crippen molar-refractivity contribution in [2.45, 2.75) is 26.7 Å². The maximum atomic E-state index is 12.3. The first-order valence-corrected chi connectivity index (χ1v) is 9.63. The van der Waals surface area contributed by atoms with Gasteiger partial charge in [0.2, 0.25) is 11.8 Å². The molecule has 0 aromatic heterocycles. The molecule has 1 fully saturated rings. The highest BCUT2D eigenvalue weighted by Crippen LogP contribution is 2.25. The molecule has 1 atom stereocenters. The van der Waals surface area contributed by atoms with Gasteiger partial charge in [-0.2, -0.15) is 0 Å². The molecule has 1 aliphatic heterocycles. The van der Waals surface area contributed by atoms with Gasteiger partial charge in [0.05, 0.1) is 5.92 Å². The van der Waals surface area contributed by atoms with Gasteiger partial charge >= 0.3 is 0 Å². The zero-order valence-electron chi connectivity index (χ0n) is 16.6. The monoisotopic (exact) mass is 395 g/mol. The van der Waals surface area contributed by atoms with Gasteiger partial charge in [-0.3, -0.25) is 25.2 Å². The van der Waals surface area contributed by atoms with E-state index in [0.29, 0.717) is 5.75 Å². The van der Waals surface area contributed by atoms with Crippen LogP contribution in [0.25, 0.3) is 0 Å². The number of benzene rings is 2. The Morgan fingerprint density at radius 2 is 1.76 bits per heavy atom. The van der Waals surface area contributed by atoms with Crippen molar-refractivity contribution in [1.82, 2.24) is 10.9 Å². The van der Waals surface area contributed by atoms with Crippen LogP contribution in [-0.4, -0.2) is 30.9 Å². The van der Waals surface area contributed by atoms with Crippen LogP contribution in [0, 0.1) is 12.8 Å². The summed E-state index contributed by atoms with van der Waals surface area (Å²) >= 11 is 0. The standard InChI is InChI=1S/C22H25N3O4/c1-3-16-6-10-19(11-7-16)29-14-20(26)23-24-22(28)17-12-21(27)25(13-17)18-8-4-15(2)5-9-18/h4-11,17H,3,12-14H2,1-2H3,(H,23,26)(H,24,28)/t17-/m0/s1. The number of nitrogens with zero attached hydrogens (tertiary/aromatic N) is 1. The first-order chi connectivity index (χ1) is 14.0. The Balaban J connectivity index is 1.44. The average molecular weight is 395 g/mol. The van der Waals surface area contributed by atoms with Gasteiger partial charge < -0.3 is 9.64 Å². The maximum Gasteiger partial charge on any atom is 0.276 e. The molecule has 1 heterocycles. The van der Waals surface area contributed by atoms with Crippen LogP contribution in [-0.2, 0) is 20.8 Å². The van der Waals surface area contributed by atoms with Crippen LogP contribution < -0.4 is 20.5 Å². The molecular formula is C22H25N3O4. The molecular weight excluding hydrogens is 370 g/mol. The van der Waals surface area contributed by atoms with Crippen molar-refractivity contribution in [2.75, 3.05) is 18.1 Å². The van der Waals surface area contributed by atoms with Gasteiger partial charge in [-0.05, 0) is 43.2 Å². The van der Waals surface area contributed by atoms with E-state index in [0.717, 1.165) is 17.7 Å². The Hall–Kier alpha value is -3.35. The predicted molar refractivity (Wildman–Crippen MR) is 109 cm³/mol. The maximum absolute atomic E-state index is 12.3. The van der Waals surface area contributed by atoms with E-state index in [4.69, 9.17) is 4.74 Å². The van der Waals surface area contributed by atoms with Gasteiger partial charge in [0, 0.05) is 18.7 Å². The minimum absolute atomic E-state index is 0.107. The van der Waals surface area contributed by atoms with Crippen LogP contribution in [0.1, 0.15) is 24.5 Å². The number of hydrogen-bond donors (Lipinski definition) is 2. The van der Waals surface area contributed by atoms with Gasteiger partial charge in [-0.25, -0.2) is 0 Å². The Bertz CT molecular complexity index is 878. The van der Waals surface area contributed by atoms with Crippen molar-refractivity contribution in [3.63, 3.8) is 0 Å². The fourth-order valence-electron chi connectivity index (χ4n) is 3.10. The summed E-state index contributed by atoms with van der Waals surface area (Å²) in [5.41, 5.74) is 7.76. The zero-order chi connectivity index (χ0) is 20.8. The summed E-state index contributed by atoms with van der Waals surface area (Å²) < 4.78 is 5.40. The summed E-state index contributed by atoms with van der Waals surface area (Å²) in [6.07, 6.45) is 1.04. The molecule has 7 nitrogen and oxygen atoms in total. The van der Waals surface area contributed by atoms with Crippen LogP contribution in [0.5, 0.6) is 5.75 Å². The van der Waals surface area contributed by atoms with Crippen molar-refractivity contribution in [3.05, 3.63) is 59.7 Å². The lowest BCUT2D eigenvalue weighted by molar-refractivity contribution is -0.132. The highest BCUT2D eigenvalue weighted by Gasteiger charge is 2.35. The lowest BCUT2D eigenvalue weighted by atomic mass is 10.1. The number of nitrogens with one attached hydrogen (secondary N) is 2. The van der Waals surface area contributed by atoms with Crippen LogP contribution in [0.4, 0.5) is 5.69 Å². The van der Waals surface area contributed by atoms with E-state index in [1.807, 2.05) is 43.3 Å². The normalized spacial score (nSPS) is 15.9. The SMILES string of the molecule is CCc1ccc(OCC(=O)NNC(=O)[C@H]2CC(=O)N(c3ccc(C)cc3)C2)cc1. The van der Waals surface area contributed by atoms with Crippen molar-refractivity contribution in [1.29, 1.82) is 0 Å². The Kier molecular flexibility index (Phi) is 6.49. The van der Waals surface area contributed by atoms with Crippen LogP contribution >= 0.6 is 0 Å². The molecule has 152 valence electrons. The number of aryl methyl sites for hydroxylation is 2. The van der Waals surface area contributed by atoms with E-state index in [2.05, 4.69) is 17.8 Å². The molecule has 0 spiro atoms. The molecule has 2 aromatic carbocycles. The predicted octanol–water partition coefficient (Wildman–Crippen LogP) is 2.14. The highest BCUT2D eigenvalue weighted by atomic mass is 16.5. The van der Waals surface area contributed by atoms with E-state index >= 15 is 0 Å². The number of hydrogen-bond acceptors (Lipinski definition) is 4. The lowest BCUT2D eigenvalue weighted by Crippen LogP contribution is -2.46. The third kappa shape index (κ3) is 5.34. The zero-order valence-corrected chi connectivity index (χ0v) is 16.6. The molecule has 2 N–H and O–H groups in total. The molecule has 0 radical (unpaired) electrons. The van der Waals surface area contributed by atoms with Gasteiger partial charge in [-0.15, -0.1) is 0 Å². The van der Waals surface area contributed by atoms with Crippen molar-refractivity contribution >= 4 is 23.4 Å². The number of carbonyl (C=O) groups excluding carboxylic acids is 3. The molecule has 3 rings (SSSR count). The minimum Gasteiger partial charge on any atom is -0.484 e. The molecule has 1 saturated heterocycles. The molecule has 3 amide bonds. The van der Waals surface area contributed by atoms with E-state index in [1.54, 1.807) is 17.0 Å². The molecule has 2 aromatic rings. The van der Waals surface area contributed by atoms with E-state index in [-0.39, 0.29) is 25.5 Å². The summed E-state index contributed by atoms with van der Waals surface area (Å²) in [5, 5.41) is 0. The molecule has 1 aliphatic rings. The third-order valence-electron chi connectivity index (χ3n) is 4.87. The lowest BCUT2D eigenvalue weighted by Gasteiger charge is -2.17. The van der Waals surface area contributed by atoms with Gasteiger partial charge in [0.1, 0.15) is 5.75 Å². The second-order valence-corrected chi connectivity index (χ2v) is 7.06. The molecule has 7 heteroatoms. The summed E-state index contributed by atoms with van der Waals surface area (Å²) in [6, 6.07) is 15.0. The number of ether oxygens (including phenoxy) is 1. The van der Waals surface area contributed by atoms with E-state index < -0.39 is 17.7 Å². The van der Waals surface area contributed by atoms with Crippen molar-refractivity contribution < 1.29 is 19.1 Å². The average Bonchev–Trinajstić information content (AvgIpc) is 3.13. The van der Waals surface area contributed by atoms with Crippen molar-refractivity contribution in [2.24, 2.45) is 5.92 Å². The first kappa shape index (κ1) is 20.4. The largest absolute Gasteiger partial charge is 0.484 e. The van der Waals surface area contributed by atoms with Gasteiger partial charge in [-0.1, -0.05) is 36.8 Å². The Morgan fingerprint density at radius 1 is 1.07 bits per heavy atom. The molecule has 0 unspecified atom stereocenters. The van der Waals surface area contributed by atoms with Gasteiger partial charge in [0.15, 0.2) is 6.61 Å². The molecule has 0 saturated carbocycles. The quantitative estimate of drug-likeness (QED) is 0.734. The number of hydrazine groups is 1. The van der Waals surface area contributed by atoms with Crippen LogP contribution in [0.15, 0.2) is 48.5 Å². The second kappa shape index (κ2) is 9.23. The summed E-state index contributed by atoms with van der Waals surface area (Å²) in [6.45, 7) is 4.09. The first-order valence-electron chi connectivity index (χ1n) is 9.63.